The van der Waals surface area contributed by atoms with Crippen LogP contribution in [-0.4, -0.2) is 6.18 Å². The maximum atomic E-state index is 12.4. The van der Waals surface area contributed by atoms with Gasteiger partial charge in [-0.15, -0.1) is 0 Å². The van der Waals surface area contributed by atoms with Crippen LogP contribution in [0.4, 0.5) is 13.2 Å². The molecular formula is C9H10ClF3. The van der Waals surface area contributed by atoms with E-state index in [2.05, 4.69) is 0 Å². The van der Waals surface area contributed by atoms with E-state index >= 15 is 0 Å². The van der Waals surface area contributed by atoms with Crippen molar-refractivity contribution in [2.24, 2.45) is 11.8 Å². The summed E-state index contributed by atoms with van der Waals surface area (Å²) in [5, 5.41) is 0.179. The molecule has 0 heterocycles. The third-order valence-corrected chi connectivity index (χ3v) is 2.56. The van der Waals surface area contributed by atoms with Gasteiger partial charge in [-0.25, -0.2) is 0 Å². The smallest absolute Gasteiger partial charge is 0.166 e. The Labute approximate surface area is 80.1 Å². The van der Waals surface area contributed by atoms with Gasteiger partial charge in [0.25, 0.3) is 0 Å². The standard InChI is InChI=1S/C9H10ClF3/c1-5-3-7(10)4-8(6(5)2)9(11,12)13/h3-6H,1-2H3. The Morgan fingerprint density at radius 1 is 1.31 bits per heavy atom. The van der Waals surface area contributed by atoms with Gasteiger partial charge < -0.3 is 0 Å². The maximum absolute atomic E-state index is 12.4. The Kier molecular flexibility index (Phi) is 2.76. The van der Waals surface area contributed by atoms with Crippen LogP contribution in [0.2, 0.25) is 0 Å². The first-order valence-corrected chi connectivity index (χ1v) is 4.36. The van der Waals surface area contributed by atoms with E-state index in [0.29, 0.717) is 0 Å². The molecule has 74 valence electrons. The molecule has 0 aromatic carbocycles. The molecule has 0 aromatic heterocycles. The number of hydrogen-bond acceptors (Lipinski definition) is 0. The Bertz CT molecular complexity index is 263. The average Bonchev–Trinajstić information content (AvgIpc) is 1.94. The minimum absolute atomic E-state index is 0.158. The molecule has 0 bridgehead atoms. The molecule has 0 aliphatic heterocycles. The number of hydrogen-bond donors (Lipinski definition) is 0. The molecule has 0 saturated heterocycles. The van der Waals surface area contributed by atoms with Crippen molar-refractivity contribution in [3.63, 3.8) is 0 Å². The fraction of sp³-hybridized carbons (Fsp3) is 0.556. The quantitative estimate of drug-likeness (QED) is 0.569. The number of rotatable bonds is 0. The summed E-state index contributed by atoms with van der Waals surface area (Å²) in [6.07, 6.45) is -1.62. The first kappa shape index (κ1) is 10.6. The zero-order valence-electron chi connectivity index (χ0n) is 7.32. The fourth-order valence-corrected chi connectivity index (χ4v) is 1.66. The lowest BCUT2D eigenvalue weighted by molar-refractivity contribution is -0.1000. The highest BCUT2D eigenvalue weighted by Crippen LogP contribution is 2.39. The van der Waals surface area contributed by atoms with Crippen molar-refractivity contribution >= 4 is 11.6 Å². The van der Waals surface area contributed by atoms with E-state index in [4.69, 9.17) is 11.6 Å². The molecule has 0 amide bonds. The lowest BCUT2D eigenvalue weighted by Crippen LogP contribution is -2.24. The summed E-state index contributed by atoms with van der Waals surface area (Å²) in [6.45, 7) is 3.29. The van der Waals surface area contributed by atoms with Crippen molar-refractivity contribution in [1.29, 1.82) is 0 Å². The summed E-state index contributed by atoms with van der Waals surface area (Å²) in [4.78, 5) is 0. The van der Waals surface area contributed by atoms with Crippen molar-refractivity contribution in [3.05, 3.63) is 22.8 Å². The molecule has 4 heteroatoms. The number of alkyl halides is 3. The lowest BCUT2D eigenvalue weighted by atomic mass is 9.84. The predicted octanol–water partition coefficient (Wildman–Crippen LogP) is 3.88. The molecule has 13 heavy (non-hydrogen) atoms. The van der Waals surface area contributed by atoms with Gasteiger partial charge in [-0.3, -0.25) is 0 Å². The normalized spacial score (nSPS) is 29.7. The van der Waals surface area contributed by atoms with Gasteiger partial charge in [0.05, 0.1) is 0 Å². The van der Waals surface area contributed by atoms with Crippen molar-refractivity contribution < 1.29 is 13.2 Å². The monoisotopic (exact) mass is 210 g/mol. The van der Waals surface area contributed by atoms with E-state index in [1.165, 1.54) is 0 Å². The summed E-state index contributed by atoms with van der Waals surface area (Å²) >= 11 is 5.56. The number of halogens is 4. The van der Waals surface area contributed by atoms with Crippen LogP contribution in [-0.2, 0) is 0 Å². The highest BCUT2D eigenvalue weighted by atomic mass is 35.5. The number of allylic oxidation sites excluding steroid dienone is 4. The zero-order valence-corrected chi connectivity index (χ0v) is 8.08. The molecule has 0 spiro atoms. The minimum atomic E-state index is -4.26. The van der Waals surface area contributed by atoms with Crippen LogP contribution in [0, 0.1) is 11.8 Å². The molecule has 2 atom stereocenters. The predicted molar refractivity (Wildman–Crippen MR) is 46.4 cm³/mol. The minimum Gasteiger partial charge on any atom is -0.166 e. The van der Waals surface area contributed by atoms with Crippen molar-refractivity contribution in [2.45, 2.75) is 20.0 Å². The summed E-state index contributed by atoms with van der Waals surface area (Å²) in [6, 6.07) is 0. The molecule has 2 unspecified atom stereocenters. The summed E-state index contributed by atoms with van der Waals surface area (Å²) in [7, 11) is 0. The van der Waals surface area contributed by atoms with Crippen LogP contribution in [0.25, 0.3) is 0 Å². The first-order chi connectivity index (χ1) is 5.82. The van der Waals surface area contributed by atoms with Crippen molar-refractivity contribution in [2.75, 3.05) is 0 Å². The van der Waals surface area contributed by atoms with Crippen molar-refractivity contribution in [1.82, 2.24) is 0 Å². The highest BCUT2D eigenvalue weighted by molar-refractivity contribution is 6.31. The molecule has 0 N–H and O–H groups in total. The molecule has 0 saturated carbocycles. The maximum Gasteiger partial charge on any atom is 0.413 e. The van der Waals surface area contributed by atoms with Crippen LogP contribution in [0.5, 0.6) is 0 Å². The van der Waals surface area contributed by atoms with Crippen LogP contribution in [0.3, 0.4) is 0 Å². The third kappa shape index (κ3) is 2.27. The van der Waals surface area contributed by atoms with Gasteiger partial charge >= 0.3 is 6.18 Å². The Morgan fingerprint density at radius 2 is 1.85 bits per heavy atom. The van der Waals surface area contributed by atoms with Crippen LogP contribution in [0.15, 0.2) is 22.8 Å². The second-order valence-electron chi connectivity index (χ2n) is 3.30. The third-order valence-electron chi connectivity index (χ3n) is 2.32. The van der Waals surface area contributed by atoms with Crippen LogP contribution < -0.4 is 0 Å². The van der Waals surface area contributed by atoms with E-state index in [-0.39, 0.29) is 11.0 Å². The summed E-state index contributed by atoms with van der Waals surface area (Å²) < 4.78 is 37.2. The molecule has 0 fully saturated rings. The Morgan fingerprint density at radius 3 is 2.31 bits per heavy atom. The second kappa shape index (κ2) is 3.37. The van der Waals surface area contributed by atoms with E-state index < -0.39 is 17.7 Å². The summed E-state index contributed by atoms with van der Waals surface area (Å²) in [5.74, 6) is -0.670. The Balaban J connectivity index is 3.02. The zero-order chi connectivity index (χ0) is 10.2. The highest BCUT2D eigenvalue weighted by Gasteiger charge is 2.39. The molecule has 1 aliphatic carbocycles. The second-order valence-corrected chi connectivity index (χ2v) is 3.73. The van der Waals surface area contributed by atoms with E-state index in [1.807, 2.05) is 0 Å². The van der Waals surface area contributed by atoms with Gasteiger partial charge in [0.1, 0.15) is 0 Å². The van der Waals surface area contributed by atoms with Crippen LogP contribution in [0.1, 0.15) is 13.8 Å². The summed E-state index contributed by atoms with van der Waals surface area (Å²) in [5.41, 5.74) is -0.535. The molecule has 0 radical (unpaired) electrons. The first-order valence-electron chi connectivity index (χ1n) is 3.98. The van der Waals surface area contributed by atoms with Crippen molar-refractivity contribution in [3.8, 4) is 0 Å². The average molecular weight is 211 g/mol. The van der Waals surface area contributed by atoms with E-state index in [1.54, 1.807) is 19.9 Å². The van der Waals surface area contributed by atoms with E-state index in [9.17, 15) is 13.2 Å². The van der Waals surface area contributed by atoms with Gasteiger partial charge in [0.15, 0.2) is 0 Å². The molecule has 1 rings (SSSR count). The fourth-order valence-electron chi connectivity index (χ4n) is 1.35. The van der Waals surface area contributed by atoms with Gasteiger partial charge in [-0.1, -0.05) is 31.5 Å². The molecule has 0 aromatic rings. The Hall–Kier alpha value is -0.440. The topological polar surface area (TPSA) is 0 Å². The van der Waals surface area contributed by atoms with Gasteiger partial charge in [0.2, 0.25) is 0 Å². The van der Waals surface area contributed by atoms with Gasteiger partial charge in [-0.05, 0) is 17.9 Å². The molecule has 1 aliphatic rings. The van der Waals surface area contributed by atoms with Crippen LogP contribution >= 0.6 is 11.6 Å². The largest absolute Gasteiger partial charge is 0.413 e. The van der Waals surface area contributed by atoms with E-state index in [0.717, 1.165) is 6.08 Å². The van der Waals surface area contributed by atoms with Gasteiger partial charge in [-0.2, -0.15) is 13.2 Å². The molecular weight excluding hydrogens is 201 g/mol. The van der Waals surface area contributed by atoms with Gasteiger partial charge in [0, 0.05) is 10.6 Å². The lowest BCUT2D eigenvalue weighted by Gasteiger charge is -2.26. The SMILES string of the molecule is CC1C=C(Cl)C=C(C(F)(F)F)C1C. The molecule has 0 nitrogen and oxygen atoms in total.